The van der Waals surface area contributed by atoms with E-state index in [0.717, 1.165) is 19.5 Å². The summed E-state index contributed by atoms with van der Waals surface area (Å²) >= 11 is 0. The molecule has 1 aromatic carbocycles. The number of benzene rings is 1. The van der Waals surface area contributed by atoms with Gasteiger partial charge in [0.25, 0.3) is 5.91 Å². The van der Waals surface area contributed by atoms with Crippen LogP contribution in [0.5, 0.6) is 11.5 Å². The van der Waals surface area contributed by atoms with Gasteiger partial charge in [-0.2, -0.15) is 0 Å². The second-order valence-electron chi connectivity index (χ2n) is 5.24. The molecule has 1 fully saturated rings. The second-order valence-corrected chi connectivity index (χ2v) is 5.24. The number of carbonyl (C=O) groups is 1. The summed E-state index contributed by atoms with van der Waals surface area (Å²) in [5.41, 5.74) is 0.562. The molecule has 1 aliphatic rings. The minimum atomic E-state index is -0.0878. The van der Waals surface area contributed by atoms with Gasteiger partial charge in [-0.1, -0.05) is 6.92 Å². The molecular weight excluding hydrogens is 268 g/mol. The van der Waals surface area contributed by atoms with Crippen LogP contribution < -0.4 is 14.8 Å². The van der Waals surface area contributed by atoms with Crippen molar-refractivity contribution in [2.45, 2.75) is 25.8 Å². The van der Waals surface area contributed by atoms with Crippen molar-refractivity contribution in [2.24, 2.45) is 0 Å². The quantitative estimate of drug-likeness (QED) is 0.870. The maximum Gasteiger partial charge on any atom is 0.251 e. The van der Waals surface area contributed by atoms with E-state index in [0.29, 0.717) is 29.6 Å². The van der Waals surface area contributed by atoms with Gasteiger partial charge in [0.1, 0.15) is 11.5 Å². The lowest BCUT2D eigenvalue weighted by molar-refractivity contribution is 0.0940. The Morgan fingerprint density at radius 3 is 2.52 bits per heavy atom. The summed E-state index contributed by atoms with van der Waals surface area (Å²) in [5.74, 6) is 1.15. The maximum absolute atomic E-state index is 12.3. The van der Waals surface area contributed by atoms with Crippen LogP contribution >= 0.6 is 0 Å². The third-order valence-electron chi connectivity index (χ3n) is 4.02. The van der Waals surface area contributed by atoms with E-state index >= 15 is 0 Å². The summed E-state index contributed by atoms with van der Waals surface area (Å²) in [6.07, 6.45) is 2.36. The smallest absolute Gasteiger partial charge is 0.251 e. The van der Waals surface area contributed by atoms with Crippen LogP contribution in [0.1, 0.15) is 30.1 Å². The monoisotopic (exact) mass is 292 g/mol. The fourth-order valence-electron chi connectivity index (χ4n) is 2.79. The van der Waals surface area contributed by atoms with Gasteiger partial charge in [-0.15, -0.1) is 0 Å². The lowest BCUT2D eigenvalue weighted by atomic mass is 10.1. The fourth-order valence-corrected chi connectivity index (χ4v) is 2.79. The largest absolute Gasteiger partial charge is 0.497 e. The lowest BCUT2D eigenvalue weighted by Crippen LogP contribution is -2.40. The fraction of sp³-hybridized carbons (Fsp3) is 0.562. The normalized spacial score (nSPS) is 18.5. The Kier molecular flexibility index (Phi) is 5.44. The van der Waals surface area contributed by atoms with Crippen molar-refractivity contribution in [3.05, 3.63) is 23.8 Å². The first kappa shape index (κ1) is 15.6. The van der Waals surface area contributed by atoms with Crippen LogP contribution in [0.3, 0.4) is 0 Å². The van der Waals surface area contributed by atoms with Gasteiger partial charge in [-0.25, -0.2) is 0 Å². The number of carbonyl (C=O) groups excluding carboxylic acids is 1. The van der Waals surface area contributed by atoms with Gasteiger partial charge in [0.2, 0.25) is 0 Å². The first-order valence-electron chi connectivity index (χ1n) is 7.43. The highest BCUT2D eigenvalue weighted by Crippen LogP contribution is 2.22. The number of nitrogens with zero attached hydrogens (tertiary/aromatic N) is 1. The molecule has 5 nitrogen and oxygen atoms in total. The Hall–Kier alpha value is -1.75. The van der Waals surface area contributed by atoms with Crippen LogP contribution in [0.15, 0.2) is 18.2 Å². The molecule has 1 aromatic rings. The molecule has 0 spiro atoms. The predicted molar refractivity (Wildman–Crippen MR) is 82.1 cm³/mol. The van der Waals surface area contributed by atoms with E-state index in [1.165, 1.54) is 6.42 Å². The number of likely N-dealkylation sites (tertiary alicyclic amines) is 1. The Morgan fingerprint density at radius 2 is 1.95 bits per heavy atom. The van der Waals surface area contributed by atoms with Crippen molar-refractivity contribution >= 4 is 5.91 Å². The highest BCUT2D eigenvalue weighted by atomic mass is 16.5. The number of methoxy groups -OCH3 is 2. The van der Waals surface area contributed by atoms with Crippen molar-refractivity contribution in [2.75, 3.05) is 33.9 Å². The van der Waals surface area contributed by atoms with Crippen LogP contribution in [-0.2, 0) is 0 Å². The minimum Gasteiger partial charge on any atom is -0.497 e. The first-order chi connectivity index (χ1) is 10.2. The van der Waals surface area contributed by atoms with E-state index in [1.807, 2.05) is 0 Å². The van der Waals surface area contributed by atoms with Gasteiger partial charge in [0.15, 0.2) is 0 Å². The number of nitrogens with one attached hydrogen (secondary N) is 1. The Labute approximate surface area is 126 Å². The summed E-state index contributed by atoms with van der Waals surface area (Å²) in [5, 5.41) is 3.02. The van der Waals surface area contributed by atoms with Crippen molar-refractivity contribution in [1.82, 2.24) is 10.2 Å². The summed E-state index contributed by atoms with van der Waals surface area (Å²) in [7, 11) is 3.15. The molecule has 1 N–H and O–H groups in total. The highest BCUT2D eigenvalue weighted by molar-refractivity contribution is 5.95. The van der Waals surface area contributed by atoms with Gasteiger partial charge < -0.3 is 14.8 Å². The summed E-state index contributed by atoms with van der Waals surface area (Å²) < 4.78 is 10.4. The third kappa shape index (κ3) is 3.88. The summed E-state index contributed by atoms with van der Waals surface area (Å²) in [4.78, 5) is 14.7. The average molecular weight is 292 g/mol. The van der Waals surface area contributed by atoms with Crippen LogP contribution in [0.2, 0.25) is 0 Å². The zero-order valence-electron chi connectivity index (χ0n) is 13.0. The molecule has 0 aliphatic carbocycles. The number of likely N-dealkylation sites (N-methyl/N-ethyl adjacent to an activating group) is 1. The topological polar surface area (TPSA) is 50.8 Å². The molecule has 1 heterocycles. The first-order valence-corrected chi connectivity index (χ1v) is 7.43. The Bertz CT molecular complexity index is 468. The number of hydrogen-bond donors (Lipinski definition) is 1. The Balaban J connectivity index is 1.99. The van der Waals surface area contributed by atoms with E-state index in [1.54, 1.807) is 32.4 Å². The number of amides is 1. The molecule has 1 atom stereocenters. The van der Waals surface area contributed by atoms with E-state index in [-0.39, 0.29) is 5.91 Å². The molecule has 0 bridgehead atoms. The van der Waals surface area contributed by atoms with Gasteiger partial charge in [-0.3, -0.25) is 9.69 Å². The summed E-state index contributed by atoms with van der Waals surface area (Å²) in [6, 6.07) is 5.66. The van der Waals surface area contributed by atoms with E-state index in [4.69, 9.17) is 9.47 Å². The zero-order valence-corrected chi connectivity index (χ0v) is 13.0. The number of ether oxygens (including phenoxy) is 2. The molecule has 0 aromatic heterocycles. The van der Waals surface area contributed by atoms with Gasteiger partial charge in [0.05, 0.1) is 14.2 Å². The van der Waals surface area contributed by atoms with Crippen LogP contribution in [-0.4, -0.2) is 50.7 Å². The minimum absolute atomic E-state index is 0.0878. The molecule has 21 heavy (non-hydrogen) atoms. The SMILES string of the molecule is CCN1CCC[C@H]1CNC(=O)c1cc(OC)cc(OC)c1. The van der Waals surface area contributed by atoms with Gasteiger partial charge in [0, 0.05) is 24.2 Å². The van der Waals surface area contributed by atoms with Crippen molar-refractivity contribution in [1.29, 1.82) is 0 Å². The van der Waals surface area contributed by atoms with Gasteiger partial charge in [-0.05, 0) is 38.1 Å². The molecule has 0 saturated carbocycles. The van der Waals surface area contributed by atoms with Gasteiger partial charge >= 0.3 is 0 Å². The number of rotatable bonds is 6. The molecular formula is C16H24N2O3. The summed E-state index contributed by atoms with van der Waals surface area (Å²) in [6.45, 7) is 5.01. The predicted octanol–water partition coefficient (Wildman–Crippen LogP) is 1.92. The molecule has 1 aliphatic heterocycles. The molecule has 1 saturated heterocycles. The molecule has 2 rings (SSSR count). The maximum atomic E-state index is 12.3. The highest BCUT2D eigenvalue weighted by Gasteiger charge is 2.23. The molecule has 0 unspecified atom stereocenters. The van der Waals surface area contributed by atoms with E-state index in [2.05, 4.69) is 17.1 Å². The third-order valence-corrected chi connectivity index (χ3v) is 4.02. The van der Waals surface area contributed by atoms with Crippen molar-refractivity contribution < 1.29 is 14.3 Å². The average Bonchev–Trinajstić information content (AvgIpc) is 2.99. The van der Waals surface area contributed by atoms with Crippen LogP contribution in [0.4, 0.5) is 0 Å². The van der Waals surface area contributed by atoms with E-state index in [9.17, 15) is 4.79 Å². The van der Waals surface area contributed by atoms with Crippen LogP contribution in [0, 0.1) is 0 Å². The zero-order chi connectivity index (χ0) is 15.2. The Morgan fingerprint density at radius 1 is 1.29 bits per heavy atom. The van der Waals surface area contributed by atoms with Crippen LogP contribution in [0.25, 0.3) is 0 Å². The molecule has 5 heteroatoms. The van der Waals surface area contributed by atoms with E-state index < -0.39 is 0 Å². The molecule has 0 radical (unpaired) electrons. The second kappa shape index (κ2) is 7.31. The molecule has 1 amide bonds. The van der Waals surface area contributed by atoms with Crippen molar-refractivity contribution in [3.8, 4) is 11.5 Å². The van der Waals surface area contributed by atoms with Crippen molar-refractivity contribution in [3.63, 3.8) is 0 Å². The lowest BCUT2D eigenvalue weighted by Gasteiger charge is -2.22. The number of hydrogen-bond acceptors (Lipinski definition) is 4. The molecule has 116 valence electrons. The standard InChI is InChI=1S/C16H24N2O3/c1-4-18-7-5-6-13(18)11-17-16(19)12-8-14(20-2)10-15(9-12)21-3/h8-10,13H,4-7,11H2,1-3H3,(H,17,19)/t13-/m0/s1.